The normalized spacial score (nSPS) is 10.2. The van der Waals surface area contributed by atoms with Crippen LogP contribution >= 0.6 is 12.4 Å². The van der Waals surface area contributed by atoms with Crippen LogP contribution in [-0.2, 0) is 19.7 Å². The first-order valence-electron chi connectivity index (χ1n) is 8.73. The van der Waals surface area contributed by atoms with Gasteiger partial charge in [-0.15, -0.1) is 12.4 Å². The van der Waals surface area contributed by atoms with Crippen LogP contribution in [0.15, 0.2) is 72.8 Å². The maximum atomic E-state index is 6.04. The van der Waals surface area contributed by atoms with Crippen molar-refractivity contribution in [2.75, 3.05) is 0 Å². The third-order valence-electron chi connectivity index (χ3n) is 4.25. The molecule has 0 saturated carbocycles. The molecule has 0 spiro atoms. The second kappa shape index (κ2) is 10.0. The highest BCUT2D eigenvalue weighted by atomic mass is 35.5. The number of rotatable bonds is 7. The molecule has 0 aliphatic heterocycles. The number of halogens is 1. The summed E-state index contributed by atoms with van der Waals surface area (Å²) in [4.78, 5) is 0. The zero-order chi connectivity index (χ0) is 17.5. The first-order chi connectivity index (χ1) is 12.2. The topological polar surface area (TPSA) is 21.3 Å². The fourth-order valence-corrected chi connectivity index (χ4v) is 2.68. The quantitative estimate of drug-likeness (QED) is 0.587. The van der Waals surface area contributed by atoms with Gasteiger partial charge in [0, 0.05) is 18.7 Å². The van der Waals surface area contributed by atoms with Gasteiger partial charge < -0.3 is 10.1 Å². The molecule has 0 radical (unpaired) electrons. The van der Waals surface area contributed by atoms with E-state index in [9.17, 15) is 0 Å². The third kappa shape index (κ3) is 5.91. The van der Waals surface area contributed by atoms with Gasteiger partial charge in [0.25, 0.3) is 0 Å². The number of aryl methyl sites for hydroxylation is 2. The molecule has 3 aromatic rings. The highest BCUT2D eigenvalue weighted by Gasteiger charge is 2.03. The van der Waals surface area contributed by atoms with Crippen LogP contribution in [-0.4, -0.2) is 0 Å². The van der Waals surface area contributed by atoms with Gasteiger partial charge in [-0.2, -0.15) is 0 Å². The molecule has 0 atom stereocenters. The summed E-state index contributed by atoms with van der Waals surface area (Å²) in [7, 11) is 0. The maximum absolute atomic E-state index is 6.04. The summed E-state index contributed by atoms with van der Waals surface area (Å²) in [6.07, 6.45) is 0. The van der Waals surface area contributed by atoms with Crippen LogP contribution < -0.4 is 10.1 Å². The molecule has 1 N–H and O–H groups in total. The van der Waals surface area contributed by atoms with Crippen LogP contribution in [0.4, 0.5) is 0 Å². The Kier molecular flexibility index (Phi) is 7.71. The van der Waals surface area contributed by atoms with E-state index in [1.54, 1.807) is 0 Å². The minimum atomic E-state index is 0. The monoisotopic (exact) mass is 367 g/mol. The number of ether oxygens (including phenoxy) is 1. The number of nitrogens with one attached hydrogen (secondary N) is 1. The Morgan fingerprint density at radius 2 is 1.27 bits per heavy atom. The van der Waals surface area contributed by atoms with E-state index in [0.717, 1.165) is 18.8 Å². The van der Waals surface area contributed by atoms with Crippen molar-refractivity contribution in [1.82, 2.24) is 5.32 Å². The second-order valence-electron chi connectivity index (χ2n) is 6.47. The lowest BCUT2D eigenvalue weighted by Gasteiger charge is -2.12. The fourth-order valence-electron chi connectivity index (χ4n) is 2.68. The Bertz CT molecular complexity index is 797. The SMILES string of the molecule is Cc1ccc(CNCc2ccccc2OCc2ccc(C)cc2)cc1.Cl. The van der Waals surface area contributed by atoms with Gasteiger partial charge in [-0.1, -0.05) is 77.9 Å². The average Bonchev–Trinajstić information content (AvgIpc) is 2.64. The lowest BCUT2D eigenvalue weighted by atomic mass is 10.1. The molecule has 3 aromatic carbocycles. The lowest BCUT2D eigenvalue weighted by molar-refractivity contribution is 0.302. The summed E-state index contributed by atoms with van der Waals surface area (Å²) in [5, 5.41) is 3.50. The molecule has 0 amide bonds. The molecule has 0 fully saturated rings. The molecule has 26 heavy (non-hydrogen) atoms. The molecular weight excluding hydrogens is 342 g/mol. The molecule has 3 heteroatoms. The standard InChI is InChI=1S/C23H25NO.ClH/c1-18-7-11-20(12-8-18)15-24-16-22-5-3-4-6-23(22)25-17-21-13-9-19(2)10-14-21;/h3-14,24H,15-17H2,1-2H3;1H. The van der Waals surface area contributed by atoms with Gasteiger partial charge in [-0.05, 0) is 31.0 Å². The number of para-hydroxylation sites is 1. The van der Waals surface area contributed by atoms with E-state index in [1.165, 1.54) is 27.8 Å². The van der Waals surface area contributed by atoms with Gasteiger partial charge in [0.05, 0.1) is 0 Å². The molecule has 0 aliphatic carbocycles. The molecule has 136 valence electrons. The lowest BCUT2D eigenvalue weighted by Crippen LogP contribution is -2.13. The van der Waals surface area contributed by atoms with Crippen LogP contribution in [0.1, 0.15) is 27.8 Å². The molecule has 0 unspecified atom stereocenters. The Labute approximate surface area is 162 Å². The largest absolute Gasteiger partial charge is 0.489 e. The van der Waals surface area contributed by atoms with E-state index < -0.39 is 0 Å². The van der Waals surface area contributed by atoms with Crippen molar-refractivity contribution < 1.29 is 4.74 Å². The summed E-state index contributed by atoms with van der Waals surface area (Å²) in [5.41, 5.74) is 6.22. The van der Waals surface area contributed by atoms with Gasteiger partial charge in [0.2, 0.25) is 0 Å². The van der Waals surface area contributed by atoms with Gasteiger partial charge in [0.1, 0.15) is 12.4 Å². The zero-order valence-corrected chi connectivity index (χ0v) is 16.2. The van der Waals surface area contributed by atoms with Crippen molar-refractivity contribution in [1.29, 1.82) is 0 Å². The number of hydrogen-bond donors (Lipinski definition) is 1. The summed E-state index contributed by atoms with van der Waals surface area (Å²) >= 11 is 0. The fraction of sp³-hybridized carbons (Fsp3) is 0.217. The maximum Gasteiger partial charge on any atom is 0.124 e. The van der Waals surface area contributed by atoms with E-state index in [4.69, 9.17) is 4.74 Å². The smallest absolute Gasteiger partial charge is 0.124 e. The Morgan fingerprint density at radius 3 is 1.92 bits per heavy atom. The number of hydrogen-bond acceptors (Lipinski definition) is 2. The second-order valence-corrected chi connectivity index (χ2v) is 6.47. The van der Waals surface area contributed by atoms with Crippen molar-refractivity contribution >= 4 is 12.4 Å². The molecular formula is C23H26ClNO. The van der Waals surface area contributed by atoms with Gasteiger partial charge in [-0.3, -0.25) is 0 Å². The van der Waals surface area contributed by atoms with Crippen molar-refractivity contribution in [3.8, 4) is 5.75 Å². The van der Waals surface area contributed by atoms with Gasteiger partial charge >= 0.3 is 0 Å². The van der Waals surface area contributed by atoms with E-state index in [0.29, 0.717) is 6.61 Å². The van der Waals surface area contributed by atoms with Crippen LogP contribution in [0, 0.1) is 13.8 Å². The molecule has 0 aliphatic rings. The predicted molar refractivity (Wildman–Crippen MR) is 111 cm³/mol. The first kappa shape index (κ1) is 20.0. The van der Waals surface area contributed by atoms with Crippen LogP contribution in [0.2, 0.25) is 0 Å². The van der Waals surface area contributed by atoms with Crippen molar-refractivity contribution in [2.45, 2.75) is 33.5 Å². The van der Waals surface area contributed by atoms with E-state index in [2.05, 4.69) is 79.8 Å². The van der Waals surface area contributed by atoms with Crippen LogP contribution in [0.5, 0.6) is 5.75 Å². The van der Waals surface area contributed by atoms with E-state index in [1.807, 2.05) is 12.1 Å². The van der Waals surface area contributed by atoms with Crippen molar-refractivity contribution in [2.24, 2.45) is 0 Å². The average molecular weight is 368 g/mol. The Hall–Kier alpha value is -2.29. The Balaban J connectivity index is 0.00000243. The Morgan fingerprint density at radius 1 is 0.692 bits per heavy atom. The third-order valence-corrected chi connectivity index (χ3v) is 4.25. The zero-order valence-electron chi connectivity index (χ0n) is 15.4. The highest BCUT2D eigenvalue weighted by molar-refractivity contribution is 5.85. The molecule has 2 nitrogen and oxygen atoms in total. The molecule has 0 heterocycles. The minimum absolute atomic E-state index is 0. The van der Waals surface area contributed by atoms with Crippen LogP contribution in [0.25, 0.3) is 0 Å². The van der Waals surface area contributed by atoms with Crippen molar-refractivity contribution in [3.05, 3.63) is 101 Å². The van der Waals surface area contributed by atoms with Crippen LogP contribution in [0.3, 0.4) is 0 Å². The summed E-state index contributed by atoms with van der Waals surface area (Å²) < 4.78 is 6.04. The minimum Gasteiger partial charge on any atom is -0.489 e. The highest BCUT2D eigenvalue weighted by Crippen LogP contribution is 2.19. The van der Waals surface area contributed by atoms with Crippen molar-refractivity contribution in [3.63, 3.8) is 0 Å². The van der Waals surface area contributed by atoms with Gasteiger partial charge in [-0.25, -0.2) is 0 Å². The summed E-state index contributed by atoms with van der Waals surface area (Å²) in [6.45, 7) is 6.44. The summed E-state index contributed by atoms with van der Waals surface area (Å²) in [6, 6.07) is 25.3. The van der Waals surface area contributed by atoms with E-state index >= 15 is 0 Å². The molecule has 0 saturated heterocycles. The molecule has 3 rings (SSSR count). The molecule has 0 aromatic heterocycles. The van der Waals surface area contributed by atoms with Gasteiger partial charge in [0.15, 0.2) is 0 Å². The predicted octanol–water partition coefficient (Wildman–Crippen LogP) is 5.59. The van der Waals surface area contributed by atoms with E-state index in [-0.39, 0.29) is 12.4 Å². The first-order valence-corrected chi connectivity index (χ1v) is 8.73. The number of benzene rings is 3. The summed E-state index contributed by atoms with van der Waals surface area (Å²) in [5.74, 6) is 0.944. The molecule has 0 bridgehead atoms.